The molecule has 0 atom stereocenters. The van der Waals surface area contributed by atoms with E-state index < -0.39 is 0 Å². The Labute approximate surface area is 124 Å². The molecule has 0 aromatic carbocycles. The van der Waals surface area contributed by atoms with Gasteiger partial charge in [-0.25, -0.2) is 0 Å². The van der Waals surface area contributed by atoms with Crippen LogP contribution in [0.3, 0.4) is 0 Å². The Hall–Kier alpha value is 1.63. The van der Waals surface area contributed by atoms with Crippen LogP contribution in [-0.2, 0) is 32.9 Å². The highest BCUT2D eigenvalue weighted by Gasteiger charge is 2.02. The van der Waals surface area contributed by atoms with Gasteiger partial charge in [-0.05, 0) is 0 Å². The van der Waals surface area contributed by atoms with E-state index in [2.05, 4.69) is 29.2 Å². The first kappa shape index (κ1) is 18.6. The molecule has 0 aromatic rings. The van der Waals surface area contributed by atoms with Crippen molar-refractivity contribution in [2.24, 2.45) is 0 Å². The van der Waals surface area contributed by atoms with Gasteiger partial charge < -0.3 is 32.9 Å². The van der Waals surface area contributed by atoms with Gasteiger partial charge in [-0.15, -0.1) is 0 Å². The van der Waals surface area contributed by atoms with Crippen LogP contribution in [0.15, 0.2) is 0 Å². The van der Waals surface area contributed by atoms with Crippen molar-refractivity contribution in [3.63, 3.8) is 0 Å². The number of hydrogen-bond donors (Lipinski definition) is 0. The summed E-state index contributed by atoms with van der Waals surface area (Å²) in [4.78, 5) is 0. The molecular formula is O8Si9. The Balaban J connectivity index is 2.85. The molecule has 0 spiro atoms. The number of rotatable bonds is 14. The van der Waals surface area contributed by atoms with Gasteiger partial charge in [0.2, 0.25) is 21.0 Å². The molecule has 17 heavy (non-hydrogen) atoms. The molecule has 0 heterocycles. The second-order valence-corrected chi connectivity index (χ2v) is 9.10. The molecule has 0 unspecified atom stereocenters. The largest absolute Gasteiger partial charge is 0.435 e. The smallest absolute Gasteiger partial charge is 0.412 e. The topological polar surface area (TPSA) is 73.8 Å². The van der Waals surface area contributed by atoms with Gasteiger partial charge in [-0.3, -0.25) is 0 Å². The Morgan fingerprint density at radius 1 is 0.412 bits per heavy atom. The molecule has 0 aromatic heterocycles. The molecule has 8 nitrogen and oxygen atoms in total. The summed E-state index contributed by atoms with van der Waals surface area (Å²) in [5, 5.41) is 0. The van der Waals surface area contributed by atoms with E-state index in [-0.39, 0.29) is 70.0 Å². The highest BCUT2D eigenvalue weighted by Crippen LogP contribution is 1.76. The zero-order valence-electron chi connectivity index (χ0n) is 7.77. The van der Waals surface area contributed by atoms with Crippen LogP contribution in [0.4, 0.5) is 0 Å². The van der Waals surface area contributed by atoms with Gasteiger partial charge in [0.25, 0.3) is 0 Å². The van der Waals surface area contributed by atoms with Gasteiger partial charge in [-0.1, -0.05) is 0 Å². The average molecular weight is 381 g/mol. The van der Waals surface area contributed by atoms with Crippen molar-refractivity contribution < 1.29 is 32.9 Å². The van der Waals surface area contributed by atoms with Gasteiger partial charge in [0.05, 0.1) is 0 Å². The van der Waals surface area contributed by atoms with Crippen LogP contribution >= 0.6 is 0 Å². The van der Waals surface area contributed by atoms with Crippen molar-refractivity contribution in [1.82, 2.24) is 0 Å². The lowest BCUT2D eigenvalue weighted by Crippen LogP contribution is -2.20. The predicted molar refractivity (Wildman–Crippen MR) is 60.5 cm³/mol. The fourth-order valence-corrected chi connectivity index (χ4v) is 4.86. The third-order valence-electron chi connectivity index (χ3n) is 0.583. The maximum Gasteiger partial charge on any atom is 0.412 e. The van der Waals surface area contributed by atoms with Crippen LogP contribution in [0.5, 0.6) is 0 Å². The molecule has 17 heteroatoms. The summed E-state index contributed by atoms with van der Waals surface area (Å²) >= 11 is 0. The maximum absolute atomic E-state index is 4.99. The summed E-state index contributed by atoms with van der Waals surface area (Å²) in [5.41, 5.74) is 0. The third-order valence-corrected chi connectivity index (χ3v) is 5.25. The molecular weight excluding hydrogens is 381 g/mol. The van der Waals surface area contributed by atoms with E-state index in [1.54, 1.807) is 0 Å². The van der Waals surface area contributed by atoms with Crippen LogP contribution < -0.4 is 0 Å². The minimum Gasteiger partial charge on any atom is -0.435 e. The van der Waals surface area contributed by atoms with E-state index in [9.17, 15) is 0 Å². The Bertz CT molecular complexity index is 120. The molecule has 0 aliphatic carbocycles. The molecule has 0 saturated heterocycles. The lowest BCUT2D eigenvalue weighted by Gasteiger charge is -2.01. The van der Waals surface area contributed by atoms with Gasteiger partial charge in [0, 0.05) is 0 Å². The van der Waals surface area contributed by atoms with Gasteiger partial charge >= 0.3 is 70.0 Å². The van der Waals surface area contributed by atoms with Crippen LogP contribution in [0.2, 0.25) is 0 Å². The Kier molecular flexibility index (Phi) is 19.3. The molecule has 0 saturated carbocycles. The van der Waals surface area contributed by atoms with Gasteiger partial charge in [0.1, 0.15) is 0 Å². The van der Waals surface area contributed by atoms with E-state index in [1.165, 1.54) is 0 Å². The molecule has 0 rings (SSSR count). The first-order valence-electron chi connectivity index (χ1n) is 3.27. The fourth-order valence-electron chi connectivity index (χ4n) is 0.248. The zero-order valence-corrected chi connectivity index (χ0v) is 16.8. The minimum absolute atomic E-state index is 0.0973. The van der Waals surface area contributed by atoms with Crippen molar-refractivity contribution in [3.05, 3.63) is 0 Å². The molecule has 0 amide bonds. The third kappa shape index (κ3) is 17.6. The van der Waals surface area contributed by atoms with E-state index in [1.807, 2.05) is 0 Å². The van der Waals surface area contributed by atoms with Crippen molar-refractivity contribution in [2.75, 3.05) is 0 Å². The van der Waals surface area contributed by atoms with Crippen molar-refractivity contribution in [1.29, 1.82) is 0 Å². The van der Waals surface area contributed by atoms with Crippen LogP contribution in [0.1, 0.15) is 0 Å². The van der Waals surface area contributed by atoms with Crippen molar-refractivity contribution in [3.8, 4) is 0 Å². The summed E-state index contributed by atoms with van der Waals surface area (Å²) in [6.45, 7) is 0. The summed E-state index contributed by atoms with van der Waals surface area (Å²) in [6.07, 6.45) is 0. The van der Waals surface area contributed by atoms with Gasteiger partial charge in [0.15, 0.2) is 0 Å². The maximum atomic E-state index is 4.99. The minimum atomic E-state index is -0.148. The molecule has 0 bridgehead atoms. The van der Waals surface area contributed by atoms with Crippen LogP contribution in [-0.4, -0.2) is 91.0 Å². The predicted octanol–water partition coefficient (Wildman–Crippen LogP) is -3.97. The summed E-state index contributed by atoms with van der Waals surface area (Å²) in [5.74, 6) is 0. The Morgan fingerprint density at radius 3 is 0.882 bits per heavy atom. The van der Waals surface area contributed by atoms with Gasteiger partial charge in [-0.2, -0.15) is 0 Å². The first-order valence-corrected chi connectivity index (χ1v) is 9.80. The van der Waals surface area contributed by atoms with Crippen LogP contribution in [0.25, 0.3) is 0 Å². The second-order valence-electron chi connectivity index (χ2n) is 1.40. The summed E-state index contributed by atoms with van der Waals surface area (Å²) in [7, 11) is 4.70. The molecule has 0 N–H and O–H groups in total. The van der Waals surface area contributed by atoms with E-state index >= 15 is 0 Å². The Morgan fingerprint density at radius 2 is 0.647 bits per heavy atom. The standard InChI is InChI=1S/O8Si9/c9-1-11-3-13-5-15-7-17-8-16-6-14-4-12-2-10. The highest BCUT2D eigenvalue weighted by atomic mass is 28.4. The molecule has 0 aliphatic heterocycles. The lowest BCUT2D eigenvalue weighted by molar-refractivity contribution is 0.368. The van der Waals surface area contributed by atoms with E-state index in [0.29, 0.717) is 0 Å². The second kappa shape index (κ2) is 17.6. The molecule has 20 radical (unpaired) electrons. The van der Waals surface area contributed by atoms with Crippen LogP contribution in [0, 0.1) is 0 Å². The van der Waals surface area contributed by atoms with Crippen molar-refractivity contribution in [2.45, 2.75) is 0 Å². The summed E-state index contributed by atoms with van der Waals surface area (Å²) < 4.78 is 38.6. The first-order chi connectivity index (χ1) is 8.41. The fraction of sp³-hybridized carbons (Fsp3) is 0. The average Bonchev–Trinajstić information content (AvgIpc) is 2.35. The normalized spacial score (nSPS) is 10.9. The summed E-state index contributed by atoms with van der Waals surface area (Å²) in [6, 6.07) is 0. The van der Waals surface area contributed by atoms with Crippen molar-refractivity contribution >= 4 is 91.0 Å². The number of hydrogen-bond acceptors (Lipinski definition) is 8. The zero-order chi connectivity index (χ0) is 12.6. The molecule has 0 fully saturated rings. The molecule has 84 valence electrons. The van der Waals surface area contributed by atoms with E-state index in [4.69, 9.17) is 24.7 Å². The highest BCUT2D eigenvalue weighted by molar-refractivity contribution is 6.48. The quantitative estimate of drug-likeness (QED) is 0.223. The SMILES string of the molecule is [Si]O[Si]O[Si]O[Si]O[Si]O[Si]O[Si]O[Si]O[Si]. The van der Waals surface area contributed by atoms with E-state index in [0.717, 1.165) is 0 Å². The monoisotopic (exact) mass is 380 g/mol. The lowest BCUT2D eigenvalue weighted by atomic mass is 15.7. The molecule has 0 aliphatic rings.